The summed E-state index contributed by atoms with van der Waals surface area (Å²) >= 11 is 0. The van der Waals surface area contributed by atoms with Gasteiger partial charge in [-0.15, -0.1) is 0 Å². The maximum absolute atomic E-state index is 12.4. The number of carbonyl (C=O) groups is 1. The van der Waals surface area contributed by atoms with Crippen LogP contribution in [-0.2, 0) is 9.53 Å². The molecule has 0 saturated heterocycles. The van der Waals surface area contributed by atoms with Gasteiger partial charge in [-0.3, -0.25) is 4.79 Å². The molecule has 1 aromatic carbocycles. The second-order valence-electron chi connectivity index (χ2n) is 8.40. The lowest BCUT2D eigenvalue weighted by Crippen LogP contribution is -2.38. The number of nitrogens with one attached hydrogen (secondary N) is 1. The SMILES string of the molecule is CC(C)[C@H]1CC[C@@H](C)C[C@H]1OCC(=O)N[C@@H](C)c1ccc(-n2cncn2)cc1. The zero-order valence-corrected chi connectivity index (χ0v) is 17.3. The third kappa shape index (κ3) is 5.19. The van der Waals surface area contributed by atoms with Crippen molar-refractivity contribution in [2.24, 2.45) is 17.8 Å². The first-order chi connectivity index (χ1) is 13.4. The molecule has 6 heteroatoms. The summed E-state index contributed by atoms with van der Waals surface area (Å²) in [6, 6.07) is 7.87. The van der Waals surface area contributed by atoms with Gasteiger partial charge in [0.15, 0.2) is 0 Å². The van der Waals surface area contributed by atoms with E-state index in [1.54, 1.807) is 11.0 Å². The van der Waals surface area contributed by atoms with Crippen molar-refractivity contribution in [2.45, 2.75) is 59.1 Å². The summed E-state index contributed by atoms with van der Waals surface area (Å²) in [6.07, 6.45) is 6.86. The third-order valence-corrected chi connectivity index (χ3v) is 5.84. The summed E-state index contributed by atoms with van der Waals surface area (Å²) in [6.45, 7) is 8.90. The van der Waals surface area contributed by atoms with E-state index in [4.69, 9.17) is 4.74 Å². The van der Waals surface area contributed by atoms with E-state index in [0.29, 0.717) is 17.8 Å². The molecule has 0 unspecified atom stereocenters. The number of hydrogen-bond donors (Lipinski definition) is 1. The molecule has 1 amide bonds. The first-order valence-electron chi connectivity index (χ1n) is 10.3. The number of carbonyl (C=O) groups excluding carboxylic acids is 1. The Hall–Kier alpha value is -2.21. The molecule has 1 N–H and O–H groups in total. The standard InChI is InChI=1S/C22H32N4O2/c1-15(2)20-10-5-16(3)11-21(20)28-12-22(27)25-17(4)18-6-8-19(9-7-18)26-14-23-13-24-26/h6-9,13-17,20-21H,5,10-12H2,1-4H3,(H,25,27)/t16-,17+,20-,21-/m1/s1. The van der Waals surface area contributed by atoms with Gasteiger partial charge in [0, 0.05) is 0 Å². The van der Waals surface area contributed by atoms with E-state index in [-0.39, 0.29) is 24.7 Å². The van der Waals surface area contributed by atoms with Gasteiger partial charge in [-0.1, -0.05) is 39.3 Å². The molecule has 2 aromatic rings. The molecule has 1 aliphatic rings. The minimum atomic E-state index is -0.0768. The summed E-state index contributed by atoms with van der Waals surface area (Å²) in [5.41, 5.74) is 1.98. The monoisotopic (exact) mass is 384 g/mol. The number of nitrogens with zero attached hydrogens (tertiary/aromatic N) is 3. The van der Waals surface area contributed by atoms with Crippen molar-refractivity contribution in [2.75, 3.05) is 6.61 Å². The zero-order valence-electron chi connectivity index (χ0n) is 17.3. The average Bonchev–Trinajstić information content (AvgIpc) is 3.21. The van der Waals surface area contributed by atoms with E-state index in [9.17, 15) is 4.79 Å². The van der Waals surface area contributed by atoms with Crippen molar-refractivity contribution < 1.29 is 9.53 Å². The van der Waals surface area contributed by atoms with E-state index in [1.165, 1.54) is 19.2 Å². The topological polar surface area (TPSA) is 69.0 Å². The summed E-state index contributed by atoms with van der Waals surface area (Å²) < 4.78 is 7.77. The van der Waals surface area contributed by atoms with Gasteiger partial charge >= 0.3 is 0 Å². The van der Waals surface area contributed by atoms with E-state index >= 15 is 0 Å². The molecule has 0 spiro atoms. The molecule has 28 heavy (non-hydrogen) atoms. The smallest absolute Gasteiger partial charge is 0.246 e. The van der Waals surface area contributed by atoms with E-state index in [0.717, 1.165) is 17.7 Å². The van der Waals surface area contributed by atoms with E-state index < -0.39 is 0 Å². The summed E-state index contributed by atoms with van der Waals surface area (Å²) in [7, 11) is 0. The minimum Gasteiger partial charge on any atom is -0.368 e. The van der Waals surface area contributed by atoms with Crippen LogP contribution < -0.4 is 5.32 Å². The van der Waals surface area contributed by atoms with Crippen LogP contribution in [-0.4, -0.2) is 33.4 Å². The second kappa shape index (κ2) is 9.32. The quantitative estimate of drug-likeness (QED) is 0.785. The third-order valence-electron chi connectivity index (χ3n) is 5.84. The average molecular weight is 385 g/mol. The first kappa shape index (κ1) is 20.5. The van der Waals surface area contributed by atoms with Crippen LogP contribution >= 0.6 is 0 Å². The highest BCUT2D eigenvalue weighted by molar-refractivity contribution is 5.77. The molecule has 0 bridgehead atoms. The molecule has 1 fully saturated rings. The molecule has 152 valence electrons. The Morgan fingerprint density at radius 3 is 2.64 bits per heavy atom. The van der Waals surface area contributed by atoms with Crippen LogP contribution in [0.25, 0.3) is 5.69 Å². The number of ether oxygens (including phenoxy) is 1. The van der Waals surface area contributed by atoms with Gasteiger partial charge in [-0.2, -0.15) is 5.10 Å². The second-order valence-corrected chi connectivity index (χ2v) is 8.40. The highest BCUT2D eigenvalue weighted by atomic mass is 16.5. The maximum Gasteiger partial charge on any atom is 0.246 e. The van der Waals surface area contributed by atoms with Crippen LogP contribution in [0.15, 0.2) is 36.9 Å². The van der Waals surface area contributed by atoms with Gasteiger partial charge in [-0.05, 0) is 55.2 Å². The molecule has 4 atom stereocenters. The van der Waals surface area contributed by atoms with Crippen molar-refractivity contribution in [3.8, 4) is 5.69 Å². The van der Waals surface area contributed by atoms with Crippen LogP contribution in [0.4, 0.5) is 0 Å². The van der Waals surface area contributed by atoms with Crippen LogP contribution in [0, 0.1) is 17.8 Å². The normalized spacial score (nSPS) is 23.5. The van der Waals surface area contributed by atoms with Crippen molar-refractivity contribution in [3.05, 3.63) is 42.5 Å². The Morgan fingerprint density at radius 2 is 2.00 bits per heavy atom. The fraction of sp³-hybridized carbons (Fsp3) is 0.591. The summed E-state index contributed by atoms with van der Waals surface area (Å²) in [5.74, 6) is 1.74. The van der Waals surface area contributed by atoms with Crippen LogP contribution in [0.5, 0.6) is 0 Å². The molecular weight excluding hydrogens is 352 g/mol. The van der Waals surface area contributed by atoms with Gasteiger partial charge in [0.25, 0.3) is 0 Å². The molecule has 0 aliphatic heterocycles. The molecular formula is C22H32N4O2. The highest BCUT2D eigenvalue weighted by Crippen LogP contribution is 2.35. The van der Waals surface area contributed by atoms with Crippen molar-refractivity contribution in [1.82, 2.24) is 20.1 Å². The van der Waals surface area contributed by atoms with Gasteiger partial charge < -0.3 is 10.1 Å². The van der Waals surface area contributed by atoms with Gasteiger partial charge in [0.1, 0.15) is 19.3 Å². The lowest BCUT2D eigenvalue weighted by Gasteiger charge is -2.37. The van der Waals surface area contributed by atoms with Crippen molar-refractivity contribution in [1.29, 1.82) is 0 Å². The van der Waals surface area contributed by atoms with Crippen LogP contribution in [0.1, 0.15) is 58.6 Å². The Morgan fingerprint density at radius 1 is 1.25 bits per heavy atom. The highest BCUT2D eigenvalue weighted by Gasteiger charge is 2.31. The molecule has 1 saturated carbocycles. The van der Waals surface area contributed by atoms with Crippen LogP contribution in [0.2, 0.25) is 0 Å². The Balaban J connectivity index is 1.51. The number of aromatic nitrogens is 3. The number of hydrogen-bond acceptors (Lipinski definition) is 4. The van der Waals surface area contributed by atoms with E-state index in [2.05, 4.69) is 36.2 Å². The molecule has 1 aliphatic carbocycles. The van der Waals surface area contributed by atoms with Crippen molar-refractivity contribution >= 4 is 5.91 Å². The molecule has 3 rings (SSSR count). The summed E-state index contributed by atoms with van der Waals surface area (Å²) in [4.78, 5) is 16.4. The largest absolute Gasteiger partial charge is 0.368 e. The number of benzene rings is 1. The molecule has 6 nitrogen and oxygen atoms in total. The lowest BCUT2D eigenvalue weighted by atomic mass is 9.75. The predicted octanol–water partition coefficient (Wildman–Crippen LogP) is 3.92. The Labute approximate surface area is 167 Å². The lowest BCUT2D eigenvalue weighted by molar-refractivity contribution is -0.132. The fourth-order valence-electron chi connectivity index (χ4n) is 4.11. The van der Waals surface area contributed by atoms with Gasteiger partial charge in [0.2, 0.25) is 5.91 Å². The zero-order chi connectivity index (χ0) is 20.1. The Bertz CT molecular complexity index is 742. The molecule has 1 aromatic heterocycles. The summed E-state index contributed by atoms with van der Waals surface area (Å²) in [5, 5.41) is 7.17. The van der Waals surface area contributed by atoms with Crippen LogP contribution in [0.3, 0.4) is 0 Å². The maximum atomic E-state index is 12.4. The first-order valence-corrected chi connectivity index (χ1v) is 10.3. The number of rotatable bonds is 7. The number of amides is 1. The van der Waals surface area contributed by atoms with Crippen molar-refractivity contribution in [3.63, 3.8) is 0 Å². The van der Waals surface area contributed by atoms with Gasteiger partial charge in [0.05, 0.1) is 17.8 Å². The minimum absolute atomic E-state index is 0.0615. The fourth-order valence-corrected chi connectivity index (χ4v) is 4.11. The molecule has 1 heterocycles. The predicted molar refractivity (Wildman–Crippen MR) is 109 cm³/mol. The van der Waals surface area contributed by atoms with Gasteiger partial charge in [-0.25, -0.2) is 9.67 Å². The van der Waals surface area contributed by atoms with E-state index in [1.807, 2.05) is 31.2 Å². The Kier molecular flexibility index (Phi) is 6.83. The molecule has 0 radical (unpaired) electrons.